The molecule has 144 valence electrons. The van der Waals surface area contributed by atoms with Crippen molar-refractivity contribution in [1.29, 1.82) is 0 Å². The van der Waals surface area contributed by atoms with Gasteiger partial charge in [-0.25, -0.2) is 0 Å². The lowest BCUT2D eigenvalue weighted by molar-refractivity contribution is -0.123. The number of carbonyl (C=O) groups excluding carboxylic acids is 1. The van der Waals surface area contributed by atoms with Crippen molar-refractivity contribution in [2.45, 2.75) is 41.6 Å². The molecule has 1 aliphatic heterocycles. The number of rotatable bonds is 7. The predicted molar refractivity (Wildman–Crippen MR) is 108 cm³/mol. The Morgan fingerprint density at radius 1 is 1.15 bits per heavy atom. The molecule has 26 heavy (non-hydrogen) atoms. The number of likely N-dealkylation sites (tertiary alicyclic amines) is 1. The molecule has 3 atom stereocenters. The van der Waals surface area contributed by atoms with Crippen molar-refractivity contribution in [2.24, 2.45) is 5.92 Å². The first-order valence-corrected chi connectivity index (χ1v) is 10.5. The van der Waals surface area contributed by atoms with E-state index in [1.165, 1.54) is 24.8 Å². The molecular formula is C19H26Cl3N3O. The highest BCUT2D eigenvalue weighted by Gasteiger charge is 2.45. The van der Waals surface area contributed by atoms with Crippen molar-refractivity contribution in [1.82, 2.24) is 15.5 Å². The average molecular weight is 419 g/mol. The van der Waals surface area contributed by atoms with Crippen LogP contribution in [0.3, 0.4) is 0 Å². The Kier molecular flexibility index (Phi) is 7.09. The first-order chi connectivity index (χ1) is 12.4. The van der Waals surface area contributed by atoms with Crippen molar-refractivity contribution >= 4 is 40.7 Å². The number of halogens is 3. The van der Waals surface area contributed by atoms with Gasteiger partial charge in [0, 0.05) is 19.0 Å². The summed E-state index contributed by atoms with van der Waals surface area (Å²) >= 11 is 18.2. The Morgan fingerprint density at radius 2 is 1.85 bits per heavy atom. The van der Waals surface area contributed by atoms with Gasteiger partial charge in [-0.05, 0) is 43.8 Å². The number of nitrogens with one attached hydrogen (secondary N) is 2. The third kappa shape index (κ3) is 5.74. The third-order valence-corrected chi connectivity index (χ3v) is 5.85. The summed E-state index contributed by atoms with van der Waals surface area (Å²) < 4.78 is -1.59. The minimum Gasteiger partial charge on any atom is -0.336 e. The lowest BCUT2D eigenvalue weighted by Crippen LogP contribution is -2.55. The fourth-order valence-corrected chi connectivity index (χ4v) is 4.00. The van der Waals surface area contributed by atoms with E-state index in [1.54, 1.807) is 0 Å². The van der Waals surface area contributed by atoms with Crippen LogP contribution in [0.4, 0.5) is 0 Å². The van der Waals surface area contributed by atoms with Crippen LogP contribution in [0.25, 0.3) is 0 Å². The number of piperidine rings is 1. The topological polar surface area (TPSA) is 44.4 Å². The van der Waals surface area contributed by atoms with Crippen LogP contribution in [-0.4, -0.2) is 46.9 Å². The molecular weight excluding hydrogens is 393 g/mol. The van der Waals surface area contributed by atoms with Gasteiger partial charge in [0.25, 0.3) is 0 Å². The van der Waals surface area contributed by atoms with E-state index in [0.29, 0.717) is 6.54 Å². The zero-order valence-electron chi connectivity index (χ0n) is 14.8. The van der Waals surface area contributed by atoms with E-state index < -0.39 is 9.96 Å². The summed E-state index contributed by atoms with van der Waals surface area (Å²) in [6.07, 6.45) is 3.94. The zero-order valence-corrected chi connectivity index (χ0v) is 17.0. The monoisotopic (exact) mass is 417 g/mol. The van der Waals surface area contributed by atoms with E-state index in [4.69, 9.17) is 34.8 Å². The Balaban J connectivity index is 1.48. The van der Waals surface area contributed by atoms with Gasteiger partial charge in [0.2, 0.25) is 9.70 Å². The van der Waals surface area contributed by atoms with Crippen LogP contribution in [0.5, 0.6) is 0 Å². The molecule has 3 rings (SSSR count). The Bertz CT molecular complexity index is 587. The fourth-order valence-electron chi connectivity index (χ4n) is 3.60. The van der Waals surface area contributed by atoms with Crippen LogP contribution in [-0.2, 0) is 4.79 Å². The number of alkyl halides is 3. The summed E-state index contributed by atoms with van der Waals surface area (Å²) in [4.78, 5) is 15.0. The molecule has 1 aliphatic carbocycles. The van der Waals surface area contributed by atoms with Gasteiger partial charge in [-0.2, -0.15) is 0 Å². The lowest BCUT2D eigenvalue weighted by atomic mass is 10.1. The number of benzene rings is 1. The van der Waals surface area contributed by atoms with Crippen LogP contribution in [0.2, 0.25) is 0 Å². The van der Waals surface area contributed by atoms with Crippen molar-refractivity contribution in [3.8, 4) is 0 Å². The number of amides is 1. The summed E-state index contributed by atoms with van der Waals surface area (Å²) in [5.41, 5.74) is 1.19. The number of hydrogen-bond acceptors (Lipinski definition) is 3. The van der Waals surface area contributed by atoms with Gasteiger partial charge in [0.05, 0.1) is 0 Å². The van der Waals surface area contributed by atoms with Gasteiger partial charge < -0.3 is 10.2 Å². The number of hydrogen-bond donors (Lipinski definition) is 2. The largest absolute Gasteiger partial charge is 0.336 e. The molecule has 7 heteroatoms. The van der Waals surface area contributed by atoms with Crippen LogP contribution in [0, 0.1) is 5.92 Å². The van der Waals surface area contributed by atoms with Gasteiger partial charge in [-0.15, -0.1) is 0 Å². The van der Waals surface area contributed by atoms with E-state index >= 15 is 0 Å². The van der Waals surface area contributed by atoms with Gasteiger partial charge >= 0.3 is 0 Å². The molecule has 1 amide bonds. The third-order valence-electron chi connectivity index (χ3n) is 5.19. The Labute approximate surface area is 170 Å². The molecule has 1 aromatic carbocycles. The lowest BCUT2D eigenvalue weighted by Gasteiger charge is -2.30. The maximum absolute atomic E-state index is 12.6. The molecule has 2 N–H and O–H groups in total. The zero-order chi connectivity index (χ0) is 18.6. The first kappa shape index (κ1) is 20.2. The quantitative estimate of drug-likeness (QED) is 0.524. The highest BCUT2D eigenvalue weighted by Crippen LogP contribution is 2.47. The number of nitrogens with zero attached hydrogens (tertiary/aromatic N) is 1. The van der Waals surface area contributed by atoms with Crippen molar-refractivity contribution in [2.75, 3.05) is 26.2 Å². The molecule has 1 aromatic rings. The SMILES string of the molecule is O=C(N[C@H](NCCN1CCCCC1)C(Cl)(Cl)Cl)[C@@H]1C[C@H]1c1ccccc1. The molecule has 1 saturated carbocycles. The molecule has 0 unspecified atom stereocenters. The van der Waals surface area contributed by atoms with Gasteiger partial charge in [-0.3, -0.25) is 10.1 Å². The summed E-state index contributed by atoms with van der Waals surface area (Å²) in [5, 5.41) is 6.10. The van der Waals surface area contributed by atoms with Crippen LogP contribution >= 0.6 is 34.8 Å². The van der Waals surface area contributed by atoms with Crippen molar-refractivity contribution < 1.29 is 4.79 Å². The maximum Gasteiger partial charge on any atom is 0.225 e. The normalized spacial score (nSPS) is 24.9. The summed E-state index contributed by atoms with van der Waals surface area (Å²) in [6, 6.07) is 10.1. The fraction of sp³-hybridized carbons (Fsp3) is 0.632. The standard InChI is InChI=1S/C19H26Cl3N3O/c20-19(21,22)18(23-9-12-25-10-5-2-6-11-25)24-17(26)16-13-15(16)14-7-3-1-4-8-14/h1,3-4,7-8,15-16,18,23H,2,5-6,9-13H2,(H,24,26)/t15-,16+,18-/m0/s1. The van der Waals surface area contributed by atoms with E-state index in [0.717, 1.165) is 26.1 Å². The molecule has 0 aromatic heterocycles. The summed E-state index contributed by atoms with van der Waals surface area (Å²) in [7, 11) is 0. The second kappa shape index (κ2) is 9.11. The average Bonchev–Trinajstić information content (AvgIpc) is 3.42. The van der Waals surface area contributed by atoms with E-state index in [-0.39, 0.29) is 17.7 Å². The van der Waals surface area contributed by atoms with Crippen molar-refractivity contribution in [3.63, 3.8) is 0 Å². The summed E-state index contributed by atoms with van der Waals surface area (Å²) in [6.45, 7) is 3.80. The predicted octanol–water partition coefficient (Wildman–Crippen LogP) is 3.68. The minimum atomic E-state index is -1.59. The van der Waals surface area contributed by atoms with E-state index in [2.05, 4.69) is 27.7 Å². The summed E-state index contributed by atoms with van der Waals surface area (Å²) in [5.74, 6) is 0.164. The highest BCUT2D eigenvalue weighted by atomic mass is 35.6. The molecule has 1 saturated heterocycles. The molecule has 1 heterocycles. The van der Waals surface area contributed by atoms with Gasteiger partial charge in [0.1, 0.15) is 6.17 Å². The molecule has 0 bridgehead atoms. The maximum atomic E-state index is 12.6. The number of carbonyl (C=O) groups is 1. The van der Waals surface area contributed by atoms with Crippen LogP contribution in [0.1, 0.15) is 37.2 Å². The van der Waals surface area contributed by atoms with Gasteiger partial charge in [-0.1, -0.05) is 71.6 Å². The van der Waals surface area contributed by atoms with E-state index in [9.17, 15) is 4.79 Å². The van der Waals surface area contributed by atoms with E-state index in [1.807, 2.05) is 18.2 Å². The molecule has 0 radical (unpaired) electrons. The highest BCUT2D eigenvalue weighted by molar-refractivity contribution is 6.68. The first-order valence-electron chi connectivity index (χ1n) is 9.33. The Hall–Kier alpha value is -0.520. The van der Waals surface area contributed by atoms with Crippen LogP contribution in [0.15, 0.2) is 30.3 Å². The van der Waals surface area contributed by atoms with Gasteiger partial charge in [0.15, 0.2) is 0 Å². The second-order valence-electron chi connectivity index (χ2n) is 7.20. The minimum absolute atomic E-state index is 0.0452. The molecule has 2 fully saturated rings. The second-order valence-corrected chi connectivity index (χ2v) is 9.57. The van der Waals surface area contributed by atoms with Crippen LogP contribution < -0.4 is 10.6 Å². The smallest absolute Gasteiger partial charge is 0.225 e. The molecule has 4 nitrogen and oxygen atoms in total. The molecule has 2 aliphatic rings. The van der Waals surface area contributed by atoms with Crippen molar-refractivity contribution in [3.05, 3.63) is 35.9 Å². The Morgan fingerprint density at radius 3 is 2.50 bits per heavy atom. The molecule has 0 spiro atoms.